The Morgan fingerprint density at radius 1 is 1.22 bits per heavy atom. The first-order valence-corrected chi connectivity index (χ1v) is 9.86. The van der Waals surface area contributed by atoms with Gasteiger partial charge in [-0.15, -0.1) is 11.3 Å². The van der Waals surface area contributed by atoms with Crippen LogP contribution in [-0.4, -0.2) is 46.7 Å². The fourth-order valence-electron chi connectivity index (χ4n) is 3.44. The van der Waals surface area contributed by atoms with Gasteiger partial charge in [-0.1, -0.05) is 30.3 Å². The molecule has 0 unspecified atom stereocenters. The van der Waals surface area contributed by atoms with Gasteiger partial charge in [0.2, 0.25) is 5.91 Å². The summed E-state index contributed by atoms with van der Waals surface area (Å²) < 4.78 is 6.83. The van der Waals surface area contributed by atoms with Crippen molar-refractivity contribution in [1.82, 2.24) is 14.5 Å². The molecule has 0 spiro atoms. The van der Waals surface area contributed by atoms with Crippen LogP contribution < -0.4 is 5.56 Å². The predicted molar refractivity (Wildman–Crippen MR) is 106 cm³/mol. The van der Waals surface area contributed by atoms with E-state index in [9.17, 15) is 9.59 Å². The molecular formula is C20H21N3O3S. The van der Waals surface area contributed by atoms with E-state index < -0.39 is 0 Å². The van der Waals surface area contributed by atoms with E-state index in [1.807, 2.05) is 37.3 Å². The number of fused-ring (bicyclic) bond motifs is 1. The van der Waals surface area contributed by atoms with Crippen molar-refractivity contribution in [2.75, 3.05) is 26.3 Å². The van der Waals surface area contributed by atoms with Gasteiger partial charge in [0.1, 0.15) is 4.83 Å². The third kappa shape index (κ3) is 3.52. The van der Waals surface area contributed by atoms with Gasteiger partial charge in [-0.2, -0.15) is 0 Å². The number of hydrogen-bond acceptors (Lipinski definition) is 5. The van der Waals surface area contributed by atoms with Crippen LogP contribution >= 0.6 is 11.3 Å². The molecule has 3 aromatic rings. The fourth-order valence-corrected chi connectivity index (χ4v) is 4.44. The Balaban J connectivity index is 1.64. The number of nitrogens with zero attached hydrogens (tertiary/aromatic N) is 3. The number of rotatable bonds is 4. The summed E-state index contributed by atoms with van der Waals surface area (Å²) in [5.41, 5.74) is 1.88. The highest BCUT2D eigenvalue weighted by Crippen LogP contribution is 2.35. The first-order chi connectivity index (χ1) is 13.1. The summed E-state index contributed by atoms with van der Waals surface area (Å²) in [6.45, 7) is 4.74. The van der Waals surface area contributed by atoms with Crippen LogP contribution in [-0.2, 0) is 16.1 Å². The van der Waals surface area contributed by atoms with E-state index in [2.05, 4.69) is 4.98 Å². The van der Waals surface area contributed by atoms with Crippen LogP contribution in [0, 0.1) is 6.92 Å². The molecule has 2 aromatic heterocycles. The maximum absolute atomic E-state index is 13.1. The maximum Gasteiger partial charge on any atom is 0.262 e. The number of morpholine rings is 1. The third-order valence-corrected chi connectivity index (χ3v) is 5.86. The summed E-state index contributed by atoms with van der Waals surface area (Å²) in [6, 6.07) is 9.91. The van der Waals surface area contributed by atoms with E-state index in [1.54, 1.807) is 15.8 Å². The summed E-state index contributed by atoms with van der Waals surface area (Å²) >= 11 is 1.53. The number of ether oxygens (including phenoxy) is 1. The lowest BCUT2D eigenvalue weighted by Crippen LogP contribution is -2.41. The minimum Gasteiger partial charge on any atom is -0.378 e. The molecule has 1 saturated heterocycles. The average molecular weight is 383 g/mol. The van der Waals surface area contributed by atoms with Crippen molar-refractivity contribution in [3.05, 3.63) is 51.9 Å². The zero-order chi connectivity index (χ0) is 18.8. The van der Waals surface area contributed by atoms with E-state index in [0.29, 0.717) is 38.2 Å². The van der Waals surface area contributed by atoms with Gasteiger partial charge in [-0.05, 0) is 12.5 Å². The second kappa shape index (κ2) is 7.62. The van der Waals surface area contributed by atoms with Crippen LogP contribution in [0.15, 0.2) is 41.5 Å². The molecule has 0 atom stereocenters. The van der Waals surface area contributed by atoms with Crippen LogP contribution in [0.2, 0.25) is 0 Å². The lowest BCUT2D eigenvalue weighted by atomic mass is 10.0. The summed E-state index contributed by atoms with van der Waals surface area (Å²) in [6.07, 6.45) is 1.85. The van der Waals surface area contributed by atoms with E-state index >= 15 is 0 Å². The topological polar surface area (TPSA) is 64.4 Å². The van der Waals surface area contributed by atoms with E-state index in [-0.39, 0.29) is 17.9 Å². The smallest absolute Gasteiger partial charge is 0.262 e. The van der Waals surface area contributed by atoms with Gasteiger partial charge in [-0.3, -0.25) is 14.2 Å². The van der Waals surface area contributed by atoms with Gasteiger partial charge in [-0.25, -0.2) is 4.98 Å². The molecule has 4 rings (SSSR count). The average Bonchev–Trinajstić information content (AvgIpc) is 3.05. The van der Waals surface area contributed by atoms with Crippen molar-refractivity contribution in [2.45, 2.75) is 19.9 Å². The van der Waals surface area contributed by atoms with Gasteiger partial charge in [0.05, 0.1) is 24.9 Å². The molecule has 0 radical (unpaired) electrons. The number of carbonyl (C=O) groups is 1. The number of benzene rings is 1. The van der Waals surface area contributed by atoms with Crippen molar-refractivity contribution >= 4 is 27.5 Å². The third-order valence-electron chi connectivity index (χ3n) is 4.85. The molecule has 0 N–H and O–H groups in total. The molecule has 1 aromatic carbocycles. The quantitative estimate of drug-likeness (QED) is 0.695. The number of thiophene rings is 1. The molecule has 0 saturated carbocycles. The first-order valence-electron chi connectivity index (χ1n) is 9.04. The van der Waals surface area contributed by atoms with Crippen LogP contribution in [0.4, 0.5) is 0 Å². The van der Waals surface area contributed by atoms with Gasteiger partial charge in [0, 0.05) is 36.5 Å². The van der Waals surface area contributed by atoms with E-state index in [1.165, 1.54) is 11.3 Å². The van der Waals surface area contributed by atoms with Crippen LogP contribution in [0.25, 0.3) is 21.3 Å². The number of aryl methyl sites for hydroxylation is 2. The highest BCUT2D eigenvalue weighted by molar-refractivity contribution is 7.19. The van der Waals surface area contributed by atoms with Crippen molar-refractivity contribution in [3.8, 4) is 11.1 Å². The summed E-state index contributed by atoms with van der Waals surface area (Å²) in [5.74, 6) is 0.0510. The fraction of sp³-hybridized carbons (Fsp3) is 0.350. The molecule has 1 aliphatic heterocycles. The largest absolute Gasteiger partial charge is 0.378 e. The Labute approximate surface area is 161 Å². The van der Waals surface area contributed by atoms with Gasteiger partial charge < -0.3 is 9.64 Å². The maximum atomic E-state index is 13.1. The number of aromatic nitrogens is 2. The van der Waals surface area contributed by atoms with Crippen LogP contribution in [0.5, 0.6) is 0 Å². The van der Waals surface area contributed by atoms with Crippen LogP contribution in [0.3, 0.4) is 0 Å². The molecule has 140 valence electrons. The molecular weight excluding hydrogens is 362 g/mol. The van der Waals surface area contributed by atoms with Crippen molar-refractivity contribution in [2.24, 2.45) is 0 Å². The molecule has 1 fully saturated rings. The van der Waals surface area contributed by atoms with Crippen LogP contribution in [0.1, 0.15) is 11.3 Å². The van der Waals surface area contributed by atoms with Crippen molar-refractivity contribution in [1.29, 1.82) is 0 Å². The molecule has 1 aliphatic rings. The second-order valence-corrected chi connectivity index (χ2v) is 7.77. The van der Waals surface area contributed by atoms with Gasteiger partial charge in [0.25, 0.3) is 5.56 Å². The van der Waals surface area contributed by atoms with E-state index in [0.717, 1.165) is 20.8 Å². The minimum atomic E-state index is -0.0852. The second-order valence-electron chi connectivity index (χ2n) is 6.57. The molecule has 7 heteroatoms. The molecule has 6 nitrogen and oxygen atoms in total. The molecule has 3 heterocycles. The number of amides is 1. The lowest BCUT2D eigenvalue weighted by Gasteiger charge is -2.26. The predicted octanol–water partition coefficient (Wildman–Crippen LogP) is 2.68. The number of hydrogen-bond donors (Lipinski definition) is 0. The van der Waals surface area contributed by atoms with Crippen molar-refractivity contribution in [3.63, 3.8) is 0 Å². The number of carbonyl (C=O) groups excluding carboxylic acids is 1. The highest BCUT2D eigenvalue weighted by atomic mass is 32.1. The summed E-state index contributed by atoms with van der Waals surface area (Å²) in [7, 11) is 0. The Morgan fingerprint density at radius 2 is 1.96 bits per heavy atom. The molecule has 0 aliphatic carbocycles. The monoisotopic (exact) mass is 383 g/mol. The SMILES string of the molecule is Cc1sc2ncn(CCC(=O)N3CCOCC3)c(=O)c2c1-c1ccccc1. The molecule has 1 amide bonds. The minimum absolute atomic E-state index is 0.0510. The summed E-state index contributed by atoms with van der Waals surface area (Å²) in [5, 5.41) is 0.644. The van der Waals surface area contributed by atoms with Gasteiger partial charge in [0.15, 0.2) is 0 Å². The van der Waals surface area contributed by atoms with Gasteiger partial charge >= 0.3 is 0 Å². The Kier molecular flexibility index (Phi) is 5.05. The first kappa shape index (κ1) is 17.9. The summed E-state index contributed by atoms with van der Waals surface area (Å²) in [4.78, 5) is 33.6. The highest BCUT2D eigenvalue weighted by Gasteiger charge is 2.19. The Bertz CT molecular complexity index is 1020. The standard InChI is InChI=1S/C20H21N3O3S/c1-14-17(15-5-3-2-4-6-15)18-19(27-14)21-13-23(20(18)25)8-7-16(24)22-9-11-26-12-10-22/h2-6,13H,7-12H2,1H3. The van der Waals surface area contributed by atoms with Crippen molar-refractivity contribution < 1.29 is 9.53 Å². The Morgan fingerprint density at radius 3 is 2.70 bits per heavy atom. The normalized spacial score (nSPS) is 14.6. The zero-order valence-electron chi connectivity index (χ0n) is 15.2. The molecule has 27 heavy (non-hydrogen) atoms. The van der Waals surface area contributed by atoms with E-state index in [4.69, 9.17) is 4.74 Å². The molecule has 0 bridgehead atoms. The zero-order valence-corrected chi connectivity index (χ0v) is 16.0. The Hall–Kier alpha value is -2.51. The lowest BCUT2D eigenvalue weighted by molar-refractivity contribution is -0.135.